The summed E-state index contributed by atoms with van der Waals surface area (Å²) >= 11 is 0. The Hall–Kier alpha value is -1.69. The molecule has 2 N–H and O–H groups in total. The van der Waals surface area contributed by atoms with Crippen LogP contribution < -0.4 is 10.6 Å². The van der Waals surface area contributed by atoms with Crippen molar-refractivity contribution in [3.8, 4) is 0 Å². The van der Waals surface area contributed by atoms with E-state index in [1.807, 2.05) is 11.8 Å². The summed E-state index contributed by atoms with van der Waals surface area (Å²) in [5, 5.41) is 0. The molecule has 0 bridgehead atoms. The van der Waals surface area contributed by atoms with Crippen molar-refractivity contribution in [2.75, 3.05) is 31.1 Å². The highest BCUT2D eigenvalue weighted by Crippen LogP contribution is 2.12. The Bertz CT molecular complexity index is 389. The number of hydrogen-bond donors (Lipinski definition) is 1. The third-order valence-electron chi connectivity index (χ3n) is 3.22. The lowest BCUT2D eigenvalue weighted by Gasteiger charge is -2.36. The van der Waals surface area contributed by atoms with Gasteiger partial charge in [0.15, 0.2) is 0 Å². The summed E-state index contributed by atoms with van der Waals surface area (Å²) < 4.78 is 0. The summed E-state index contributed by atoms with van der Waals surface area (Å²) in [5.41, 5.74) is 5.77. The lowest BCUT2D eigenvalue weighted by Crippen LogP contribution is -2.53. The zero-order chi connectivity index (χ0) is 13.0. The molecule has 1 amide bonds. The molecule has 1 fully saturated rings. The molecule has 0 spiro atoms. The SMILES string of the molecule is CC[C@@H](N)C(=O)N1CCN(c2cnccn2)CC1. The molecule has 1 aliphatic rings. The third kappa shape index (κ3) is 2.76. The molecule has 2 rings (SSSR count). The summed E-state index contributed by atoms with van der Waals surface area (Å²) in [4.78, 5) is 24.2. The fourth-order valence-electron chi connectivity index (χ4n) is 2.02. The maximum Gasteiger partial charge on any atom is 0.239 e. The van der Waals surface area contributed by atoms with E-state index in [1.54, 1.807) is 18.6 Å². The van der Waals surface area contributed by atoms with Gasteiger partial charge in [0.2, 0.25) is 5.91 Å². The quantitative estimate of drug-likeness (QED) is 0.807. The van der Waals surface area contributed by atoms with E-state index in [-0.39, 0.29) is 11.9 Å². The van der Waals surface area contributed by atoms with E-state index in [2.05, 4.69) is 14.9 Å². The molecule has 0 aliphatic carbocycles. The van der Waals surface area contributed by atoms with E-state index in [1.165, 1.54) is 0 Å². The number of rotatable bonds is 3. The number of carbonyl (C=O) groups excluding carboxylic acids is 1. The minimum Gasteiger partial charge on any atom is -0.352 e. The van der Waals surface area contributed by atoms with Crippen molar-refractivity contribution < 1.29 is 4.79 Å². The molecule has 1 aliphatic heterocycles. The van der Waals surface area contributed by atoms with Crippen LogP contribution >= 0.6 is 0 Å². The second-order valence-corrected chi connectivity index (χ2v) is 4.39. The Labute approximate surface area is 107 Å². The van der Waals surface area contributed by atoms with Gasteiger partial charge in [-0.1, -0.05) is 6.92 Å². The number of nitrogens with two attached hydrogens (primary N) is 1. The molecule has 2 heterocycles. The molecule has 6 heteroatoms. The molecule has 18 heavy (non-hydrogen) atoms. The van der Waals surface area contributed by atoms with Gasteiger partial charge in [-0.25, -0.2) is 4.98 Å². The van der Waals surface area contributed by atoms with Gasteiger partial charge in [-0.3, -0.25) is 9.78 Å². The van der Waals surface area contributed by atoms with Crippen LogP contribution in [-0.2, 0) is 4.79 Å². The first kappa shape index (κ1) is 12.8. The summed E-state index contributed by atoms with van der Waals surface area (Å²) in [7, 11) is 0. The normalized spacial score (nSPS) is 17.7. The van der Waals surface area contributed by atoms with Crippen molar-refractivity contribution in [3.63, 3.8) is 0 Å². The summed E-state index contributed by atoms with van der Waals surface area (Å²) in [5.74, 6) is 0.917. The van der Waals surface area contributed by atoms with E-state index in [0.29, 0.717) is 19.5 Å². The van der Waals surface area contributed by atoms with E-state index >= 15 is 0 Å². The maximum atomic E-state index is 11.9. The molecule has 0 saturated carbocycles. The molecular formula is C12H19N5O. The van der Waals surface area contributed by atoms with Crippen LogP contribution in [-0.4, -0.2) is 53.0 Å². The lowest BCUT2D eigenvalue weighted by atomic mass is 10.2. The highest BCUT2D eigenvalue weighted by molar-refractivity contribution is 5.81. The van der Waals surface area contributed by atoms with Gasteiger partial charge in [0, 0.05) is 38.6 Å². The zero-order valence-electron chi connectivity index (χ0n) is 10.6. The molecule has 6 nitrogen and oxygen atoms in total. The van der Waals surface area contributed by atoms with Crippen molar-refractivity contribution in [1.82, 2.24) is 14.9 Å². The highest BCUT2D eigenvalue weighted by atomic mass is 16.2. The molecule has 1 saturated heterocycles. The third-order valence-corrected chi connectivity index (χ3v) is 3.22. The Balaban J connectivity index is 1.90. The first-order chi connectivity index (χ1) is 8.72. The average Bonchev–Trinajstić information content (AvgIpc) is 2.47. The number of hydrogen-bond acceptors (Lipinski definition) is 5. The van der Waals surface area contributed by atoms with Crippen LogP contribution in [0.25, 0.3) is 0 Å². The van der Waals surface area contributed by atoms with Crippen molar-refractivity contribution in [1.29, 1.82) is 0 Å². The van der Waals surface area contributed by atoms with Crippen LogP contribution in [0.15, 0.2) is 18.6 Å². The smallest absolute Gasteiger partial charge is 0.239 e. The largest absolute Gasteiger partial charge is 0.352 e. The van der Waals surface area contributed by atoms with Crippen LogP contribution in [0, 0.1) is 0 Å². The Morgan fingerprint density at radius 2 is 2.11 bits per heavy atom. The second-order valence-electron chi connectivity index (χ2n) is 4.39. The van der Waals surface area contributed by atoms with Gasteiger partial charge in [0.1, 0.15) is 5.82 Å². The minimum atomic E-state index is -0.368. The first-order valence-corrected chi connectivity index (χ1v) is 6.27. The van der Waals surface area contributed by atoms with E-state index < -0.39 is 0 Å². The van der Waals surface area contributed by atoms with Gasteiger partial charge in [-0.15, -0.1) is 0 Å². The number of carbonyl (C=O) groups is 1. The van der Waals surface area contributed by atoms with Crippen LogP contribution in [0.1, 0.15) is 13.3 Å². The topological polar surface area (TPSA) is 75.4 Å². The number of nitrogens with zero attached hydrogens (tertiary/aromatic N) is 4. The Morgan fingerprint density at radius 3 is 2.67 bits per heavy atom. The van der Waals surface area contributed by atoms with Crippen LogP contribution in [0.5, 0.6) is 0 Å². The fraction of sp³-hybridized carbons (Fsp3) is 0.583. The Morgan fingerprint density at radius 1 is 1.39 bits per heavy atom. The van der Waals surface area contributed by atoms with Gasteiger partial charge in [0.05, 0.1) is 12.2 Å². The number of anilines is 1. The molecule has 0 unspecified atom stereocenters. The van der Waals surface area contributed by atoms with Crippen molar-refractivity contribution in [2.24, 2.45) is 5.73 Å². The van der Waals surface area contributed by atoms with Crippen LogP contribution in [0.2, 0.25) is 0 Å². The average molecular weight is 249 g/mol. The maximum absolute atomic E-state index is 11.9. The van der Waals surface area contributed by atoms with Gasteiger partial charge in [-0.2, -0.15) is 0 Å². The molecule has 0 radical (unpaired) electrons. The molecule has 98 valence electrons. The Kier molecular flexibility index (Phi) is 4.09. The van der Waals surface area contributed by atoms with Crippen molar-refractivity contribution >= 4 is 11.7 Å². The highest BCUT2D eigenvalue weighted by Gasteiger charge is 2.24. The van der Waals surface area contributed by atoms with Crippen LogP contribution in [0.4, 0.5) is 5.82 Å². The summed E-state index contributed by atoms with van der Waals surface area (Å²) in [6.45, 7) is 4.88. The van der Waals surface area contributed by atoms with Gasteiger partial charge >= 0.3 is 0 Å². The van der Waals surface area contributed by atoms with Crippen molar-refractivity contribution in [3.05, 3.63) is 18.6 Å². The van der Waals surface area contributed by atoms with E-state index in [4.69, 9.17) is 5.73 Å². The second kappa shape index (κ2) is 5.77. The number of aromatic nitrogens is 2. The van der Waals surface area contributed by atoms with E-state index in [9.17, 15) is 4.79 Å². The molecular weight excluding hydrogens is 230 g/mol. The standard InChI is InChI=1S/C12H19N5O/c1-2-10(13)12(18)17-7-5-16(6-8-17)11-9-14-3-4-15-11/h3-4,9-10H,2,5-8,13H2,1H3/t10-/m1/s1. The molecule has 1 aromatic heterocycles. The van der Waals surface area contributed by atoms with Crippen molar-refractivity contribution in [2.45, 2.75) is 19.4 Å². The summed E-state index contributed by atoms with van der Waals surface area (Å²) in [6.07, 6.45) is 5.77. The number of piperazine rings is 1. The predicted molar refractivity (Wildman–Crippen MR) is 69.1 cm³/mol. The van der Waals surface area contributed by atoms with Gasteiger partial charge in [-0.05, 0) is 6.42 Å². The molecule has 1 atom stereocenters. The predicted octanol–water partition coefficient (Wildman–Crippen LogP) is -0.137. The fourth-order valence-corrected chi connectivity index (χ4v) is 2.02. The molecule has 1 aromatic rings. The van der Waals surface area contributed by atoms with Gasteiger partial charge in [0.25, 0.3) is 0 Å². The zero-order valence-corrected chi connectivity index (χ0v) is 10.6. The minimum absolute atomic E-state index is 0.0521. The first-order valence-electron chi connectivity index (χ1n) is 6.27. The van der Waals surface area contributed by atoms with Gasteiger partial charge < -0.3 is 15.5 Å². The number of amides is 1. The lowest BCUT2D eigenvalue weighted by molar-refractivity contribution is -0.132. The molecule has 0 aromatic carbocycles. The van der Waals surface area contributed by atoms with E-state index in [0.717, 1.165) is 18.9 Å². The monoisotopic (exact) mass is 249 g/mol. The summed E-state index contributed by atoms with van der Waals surface area (Å²) in [6, 6.07) is -0.368. The van der Waals surface area contributed by atoms with Crippen LogP contribution in [0.3, 0.4) is 0 Å².